The Labute approximate surface area is 706 Å². The maximum atomic E-state index is 9.59. The smallest absolute Gasteiger partial charge is 0.112 e. The van der Waals surface area contributed by atoms with Crippen LogP contribution in [-0.4, -0.2) is 61.4 Å². The quantitative estimate of drug-likeness (QED) is 0.136. The molecule has 0 radical (unpaired) electrons. The molecule has 5 fully saturated rings. The van der Waals surface area contributed by atoms with Gasteiger partial charge in [0.05, 0.1) is 46.8 Å². The number of hydrogen-bond donors (Lipinski definition) is 0. The summed E-state index contributed by atoms with van der Waals surface area (Å²) in [6, 6.07) is 45.7. The second-order valence-electron chi connectivity index (χ2n) is 42.3. The highest BCUT2D eigenvalue weighted by atomic mass is 15.5. The van der Waals surface area contributed by atoms with E-state index >= 15 is 0 Å². The van der Waals surface area contributed by atoms with E-state index < -0.39 is 6.02 Å². The summed E-state index contributed by atoms with van der Waals surface area (Å²) in [5, 5.41) is 0. The second-order valence-corrected chi connectivity index (χ2v) is 42.3. The van der Waals surface area contributed by atoms with E-state index in [9.17, 15) is 1.37 Å². The van der Waals surface area contributed by atoms with Crippen LogP contribution in [0.15, 0.2) is 222 Å². The predicted molar refractivity (Wildman–Crippen MR) is 494 cm³/mol. The lowest BCUT2D eigenvalue weighted by atomic mass is 9.63. The second kappa shape index (κ2) is 32.9. The molecule has 0 saturated heterocycles. The first-order valence-electron chi connectivity index (χ1n) is 46.9. The normalized spacial score (nSPS) is 28.0. The summed E-state index contributed by atoms with van der Waals surface area (Å²) in [4.78, 5) is 21.5. The van der Waals surface area contributed by atoms with Crippen molar-refractivity contribution < 1.29 is 1.37 Å². The van der Waals surface area contributed by atoms with Gasteiger partial charge in [-0.2, -0.15) is 0 Å². The standard InChI is InChI=1S/C30H44N2.C29H42N2.C25H30N2.C24H34N2/c1-22-14-12-13-19-26(22)31-23(2)27-20-21-30(24-15-8-6-9-16-24,25-17-10-7-11-18-25)32(27)28(31)29(3,4)5;1-21-13-9-12-18-25(21)30-22(2)26-19-20-29(24-16-10-11-17-24,23-14-7-6-8-15-23)31(26)27(30)28(3,4)5;1-18-12-10-11-15-21(18)26-19(2)22-16-17-25(6,20-13-8-7-9-14-20)27(22)23(26)24(3,4)5;1-17-11-9-10-14-20(17)25-18(2)21-15-16-22(19-12-7-6-8-13-19)26(21)23(25)24(3,4)5/h12-14,19-21,24-25,28H,6-11,15-18H2,1-5H3;9,12-13,18-20,23-24,27H,6-8,10-11,14-17H2,1-5H3;7-17,23H,1-6H3;9-11,14-16,19,22-23H,6-8,12-13H2,1-5H3/i;;;22D. The number of benzene rings is 5. The van der Waals surface area contributed by atoms with E-state index in [4.69, 9.17) is 0 Å². The Morgan fingerprint density at radius 2 is 0.578 bits per heavy atom. The van der Waals surface area contributed by atoms with Crippen LogP contribution in [0.25, 0.3) is 0 Å². The molecule has 5 aliphatic carbocycles. The summed E-state index contributed by atoms with van der Waals surface area (Å²) in [5.74, 6) is 3.62. The van der Waals surface area contributed by atoms with Crippen LogP contribution in [0.2, 0.25) is 0 Å². The van der Waals surface area contributed by atoms with Crippen molar-refractivity contribution in [1.82, 2.24) is 19.6 Å². The van der Waals surface area contributed by atoms with Crippen molar-refractivity contribution in [3.8, 4) is 0 Å². The monoisotopic (exact) mass is 1560 g/mol. The van der Waals surface area contributed by atoms with Gasteiger partial charge in [-0.25, -0.2) is 0 Å². The van der Waals surface area contributed by atoms with E-state index in [1.807, 2.05) is 0 Å². The highest BCUT2D eigenvalue weighted by Gasteiger charge is 2.62. The third-order valence-corrected chi connectivity index (χ3v) is 30.3. The Hall–Kier alpha value is -7.58. The maximum absolute atomic E-state index is 9.59. The molecule has 7 unspecified atom stereocenters. The Balaban J connectivity index is 0.000000123. The van der Waals surface area contributed by atoms with Crippen molar-refractivity contribution in [2.24, 2.45) is 51.2 Å². The summed E-state index contributed by atoms with van der Waals surface area (Å²) in [6.07, 6.45) is 53.8. The lowest BCUT2D eigenvalue weighted by Gasteiger charge is -2.56. The molecule has 13 aliphatic rings. The topological polar surface area (TPSA) is 25.9 Å². The zero-order valence-electron chi connectivity index (χ0n) is 77.0. The van der Waals surface area contributed by atoms with Crippen molar-refractivity contribution in [3.63, 3.8) is 0 Å². The van der Waals surface area contributed by atoms with E-state index in [0.29, 0.717) is 18.2 Å². The molecule has 0 N–H and O–H groups in total. The lowest BCUT2D eigenvalue weighted by molar-refractivity contribution is -0.0195. The minimum Gasteiger partial charge on any atom is -0.342 e. The van der Waals surface area contributed by atoms with Gasteiger partial charge in [0, 0.05) is 67.2 Å². The third-order valence-electron chi connectivity index (χ3n) is 30.3. The largest absolute Gasteiger partial charge is 0.342 e. The Bertz CT molecular complexity index is 4620. The fourth-order valence-corrected chi connectivity index (χ4v) is 25.0. The average Bonchev–Trinajstić information content (AvgIpc) is 1.54. The van der Waals surface area contributed by atoms with E-state index in [1.54, 1.807) is 0 Å². The van der Waals surface area contributed by atoms with Crippen LogP contribution >= 0.6 is 0 Å². The fraction of sp³-hybridized carbons (Fsp3) is 0.574. The number of fused-ring (bicyclic) bond motifs is 4. The average molecular weight is 1560 g/mol. The first-order valence-corrected chi connectivity index (χ1v) is 46.4. The Morgan fingerprint density at radius 1 is 0.302 bits per heavy atom. The summed E-state index contributed by atoms with van der Waals surface area (Å²) in [7, 11) is 0. The molecule has 0 spiro atoms. The van der Waals surface area contributed by atoms with Crippen molar-refractivity contribution in [3.05, 3.63) is 249 Å². The zero-order valence-corrected chi connectivity index (χ0v) is 76.0. The number of anilines is 4. The first-order chi connectivity index (χ1) is 55.7. The molecule has 0 bridgehead atoms. The summed E-state index contributed by atoms with van der Waals surface area (Å²) >= 11 is 0. The zero-order chi connectivity index (χ0) is 83.1. The molecule has 5 aromatic rings. The van der Waals surface area contributed by atoms with E-state index in [1.165, 1.54) is 250 Å². The molecule has 5 saturated carbocycles. The molecule has 7 atom stereocenters. The van der Waals surface area contributed by atoms with Crippen LogP contribution in [0, 0.1) is 78.9 Å². The molecule has 5 aromatic carbocycles. The van der Waals surface area contributed by atoms with Crippen LogP contribution in [0.3, 0.4) is 0 Å². The third kappa shape index (κ3) is 14.8. The van der Waals surface area contributed by atoms with Gasteiger partial charge in [0.2, 0.25) is 0 Å². The molecule has 116 heavy (non-hydrogen) atoms. The van der Waals surface area contributed by atoms with E-state index in [0.717, 1.165) is 23.7 Å². The minimum absolute atomic E-state index is 0.0261. The number of hydrogen-bond acceptors (Lipinski definition) is 8. The Morgan fingerprint density at radius 3 is 0.914 bits per heavy atom. The van der Waals surface area contributed by atoms with E-state index in [2.05, 4.69) is 361 Å². The van der Waals surface area contributed by atoms with Gasteiger partial charge in [-0.3, -0.25) is 0 Å². The molecular weight excluding hydrogens is 1410 g/mol. The van der Waals surface area contributed by atoms with Crippen molar-refractivity contribution >= 4 is 22.7 Å². The summed E-state index contributed by atoms with van der Waals surface area (Å²) < 4.78 is 9.59. The first kappa shape index (κ1) is 82.1. The van der Waals surface area contributed by atoms with Gasteiger partial charge in [0.25, 0.3) is 0 Å². The van der Waals surface area contributed by atoms with Gasteiger partial charge in [-0.15, -0.1) is 0 Å². The lowest BCUT2D eigenvalue weighted by Crippen LogP contribution is -2.62. The van der Waals surface area contributed by atoms with Gasteiger partial charge in [-0.05, 0) is 232 Å². The van der Waals surface area contributed by atoms with Gasteiger partial charge in [-0.1, -0.05) is 300 Å². The molecule has 8 aliphatic heterocycles. The number of rotatable bonds is 10. The number of para-hydroxylation sites is 4. The van der Waals surface area contributed by atoms with Crippen LogP contribution in [0.4, 0.5) is 22.7 Å². The van der Waals surface area contributed by atoms with Gasteiger partial charge in [0.1, 0.15) is 24.7 Å². The molecule has 18 rings (SSSR count). The molecule has 622 valence electrons. The van der Waals surface area contributed by atoms with Crippen molar-refractivity contribution in [2.45, 2.75) is 347 Å². The molecule has 8 nitrogen and oxygen atoms in total. The fourth-order valence-electron chi connectivity index (χ4n) is 25.0. The molecular formula is C108H150N8. The van der Waals surface area contributed by atoms with Crippen molar-refractivity contribution in [1.29, 1.82) is 0 Å². The van der Waals surface area contributed by atoms with E-state index in [-0.39, 0.29) is 50.6 Å². The highest BCUT2D eigenvalue weighted by molar-refractivity contribution is 5.68. The molecule has 0 aromatic heterocycles. The Kier molecular flexibility index (Phi) is 23.3. The highest BCUT2D eigenvalue weighted by Crippen LogP contribution is 2.62. The number of aryl methyl sites for hydroxylation is 4. The van der Waals surface area contributed by atoms with Crippen molar-refractivity contribution in [2.75, 3.05) is 19.6 Å². The number of nitrogens with zero attached hydrogens (tertiary/aromatic N) is 8. The van der Waals surface area contributed by atoms with Crippen LogP contribution in [0.1, 0.15) is 301 Å². The summed E-state index contributed by atoms with van der Waals surface area (Å²) in [5.41, 5.74) is 23.8. The predicted octanol–water partition coefficient (Wildman–Crippen LogP) is 28.4. The van der Waals surface area contributed by atoms with Crippen LogP contribution < -0.4 is 19.6 Å². The SMILES string of the molecule is CC1=C2C=CC(C)(c3ccccc3)N2C(C(C)(C)C)N1c1ccccc1C.CC1=C2C=CC(C3CCCCC3)(C3CCCC3)N2C(C(C)(C)C)N1c1ccccc1C.CC1=C2C=CC(C3CCCCC3)(C3CCCCC3)N2C(C(C)(C)C)N1c1ccccc1C.[2H]C1(C2CCCCC2)C=CC2=C(C)N(c3ccccc3C)C(C(C)(C)C)N21. The molecule has 8 heteroatoms. The van der Waals surface area contributed by atoms with Gasteiger partial charge in [0.15, 0.2) is 0 Å². The van der Waals surface area contributed by atoms with Gasteiger partial charge >= 0.3 is 0 Å². The number of allylic oxidation sites excluding steroid dienone is 8. The minimum atomic E-state index is -0.619. The molecule has 8 heterocycles. The molecule has 0 amide bonds. The van der Waals surface area contributed by atoms with Gasteiger partial charge < -0.3 is 39.2 Å². The van der Waals surface area contributed by atoms with Crippen LogP contribution in [-0.2, 0) is 5.54 Å². The maximum Gasteiger partial charge on any atom is 0.112 e. The van der Waals surface area contributed by atoms with Crippen LogP contribution in [0.5, 0.6) is 0 Å². The summed E-state index contributed by atoms with van der Waals surface area (Å²) in [6.45, 7) is 49.3.